The smallest absolute Gasteiger partial charge is 0.267 e. The van der Waals surface area contributed by atoms with Crippen LogP contribution in [0.5, 0.6) is 0 Å². The number of ketones is 1. The van der Waals surface area contributed by atoms with Crippen molar-refractivity contribution in [2.75, 3.05) is 10.6 Å². The first kappa shape index (κ1) is 18.2. The van der Waals surface area contributed by atoms with Gasteiger partial charge in [-0.25, -0.2) is 0 Å². The lowest BCUT2D eigenvalue weighted by molar-refractivity contribution is -0.112. The van der Waals surface area contributed by atoms with Crippen molar-refractivity contribution >= 4 is 34.7 Å². The van der Waals surface area contributed by atoms with E-state index in [1.165, 1.54) is 13.1 Å². The summed E-state index contributed by atoms with van der Waals surface area (Å²) in [6.07, 6.45) is 1.32. The van der Waals surface area contributed by atoms with E-state index >= 15 is 0 Å². The number of halogens is 1. The highest BCUT2D eigenvalue weighted by Crippen LogP contribution is 2.20. The number of nitriles is 1. The zero-order valence-electron chi connectivity index (χ0n) is 13.8. The minimum absolute atomic E-state index is 0.0588. The van der Waals surface area contributed by atoms with Gasteiger partial charge in [0.05, 0.1) is 0 Å². The van der Waals surface area contributed by atoms with Gasteiger partial charge >= 0.3 is 0 Å². The van der Waals surface area contributed by atoms with E-state index in [9.17, 15) is 14.9 Å². The molecule has 0 aliphatic carbocycles. The minimum atomic E-state index is -0.552. The number of hydrogen-bond donors (Lipinski definition) is 2. The summed E-state index contributed by atoms with van der Waals surface area (Å²) in [6, 6.07) is 13.6. The number of aryl methyl sites for hydroxylation is 1. The van der Waals surface area contributed by atoms with Crippen LogP contribution in [-0.4, -0.2) is 11.7 Å². The number of carbonyl (C=O) groups is 2. The Morgan fingerprint density at radius 2 is 1.76 bits per heavy atom. The molecule has 0 spiro atoms. The summed E-state index contributed by atoms with van der Waals surface area (Å²) in [5, 5.41) is 15.3. The van der Waals surface area contributed by atoms with Gasteiger partial charge in [0.1, 0.15) is 11.6 Å². The SMILES string of the molecule is CC(=O)c1ccc(NC(=O)/C(C#N)=C\Nc2ccc(C)c(Cl)c2)cc1. The maximum absolute atomic E-state index is 12.2. The molecule has 6 heteroatoms. The largest absolute Gasteiger partial charge is 0.360 e. The van der Waals surface area contributed by atoms with E-state index < -0.39 is 5.91 Å². The second-order valence-corrected chi connectivity index (χ2v) is 5.77. The van der Waals surface area contributed by atoms with Crippen molar-refractivity contribution in [1.29, 1.82) is 5.26 Å². The van der Waals surface area contributed by atoms with Gasteiger partial charge in [-0.1, -0.05) is 17.7 Å². The Kier molecular flexibility index (Phi) is 5.93. The van der Waals surface area contributed by atoms with Crippen molar-refractivity contribution in [1.82, 2.24) is 0 Å². The molecule has 0 heterocycles. The van der Waals surface area contributed by atoms with Gasteiger partial charge in [0.15, 0.2) is 5.78 Å². The first-order chi connectivity index (χ1) is 11.9. The van der Waals surface area contributed by atoms with Gasteiger partial charge in [0.2, 0.25) is 0 Å². The highest BCUT2D eigenvalue weighted by atomic mass is 35.5. The Morgan fingerprint density at radius 3 is 2.32 bits per heavy atom. The molecular weight excluding hydrogens is 338 g/mol. The molecule has 25 heavy (non-hydrogen) atoms. The Morgan fingerprint density at radius 1 is 1.12 bits per heavy atom. The summed E-state index contributed by atoms with van der Waals surface area (Å²) < 4.78 is 0. The van der Waals surface area contributed by atoms with Crippen molar-refractivity contribution in [3.63, 3.8) is 0 Å². The molecule has 0 bridgehead atoms. The number of hydrogen-bond acceptors (Lipinski definition) is 4. The molecule has 0 aromatic heterocycles. The van der Waals surface area contributed by atoms with Crippen LogP contribution in [0.2, 0.25) is 5.02 Å². The summed E-state index contributed by atoms with van der Waals surface area (Å²) in [4.78, 5) is 23.4. The van der Waals surface area contributed by atoms with Crippen LogP contribution in [0.25, 0.3) is 0 Å². The third-order valence-electron chi connectivity index (χ3n) is 3.47. The summed E-state index contributed by atoms with van der Waals surface area (Å²) in [6.45, 7) is 3.35. The average molecular weight is 354 g/mol. The van der Waals surface area contributed by atoms with Gasteiger partial charge in [0, 0.05) is 28.2 Å². The zero-order chi connectivity index (χ0) is 18.4. The van der Waals surface area contributed by atoms with Gasteiger partial charge < -0.3 is 10.6 Å². The number of rotatable bonds is 5. The average Bonchev–Trinajstić information content (AvgIpc) is 2.59. The normalized spacial score (nSPS) is 10.7. The lowest BCUT2D eigenvalue weighted by Crippen LogP contribution is -2.14. The molecular formula is C19H16ClN3O2. The van der Waals surface area contributed by atoms with Crippen molar-refractivity contribution in [3.05, 3.63) is 70.4 Å². The van der Waals surface area contributed by atoms with Gasteiger partial charge in [-0.05, 0) is 55.8 Å². The minimum Gasteiger partial charge on any atom is -0.360 e. The molecule has 1 amide bonds. The molecule has 0 aliphatic heterocycles. The van der Waals surface area contributed by atoms with E-state index in [-0.39, 0.29) is 11.4 Å². The number of nitrogens with one attached hydrogen (secondary N) is 2. The van der Waals surface area contributed by atoms with E-state index in [2.05, 4.69) is 10.6 Å². The molecule has 0 atom stereocenters. The highest BCUT2D eigenvalue weighted by Gasteiger charge is 2.10. The van der Waals surface area contributed by atoms with Crippen LogP contribution in [0.15, 0.2) is 54.2 Å². The van der Waals surface area contributed by atoms with E-state index in [4.69, 9.17) is 11.6 Å². The summed E-state index contributed by atoms with van der Waals surface area (Å²) >= 11 is 6.04. The van der Waals surface area contributed by atoms with E-state index in [1.54, 1.807) is 36.4 Å². The van der Waals surface area contributed by atoms with Crippen LogP contribution in [0.4, 0.5) is 11.4 Å². The molecule has 0 saturated carbocycles. The fourth-order valence-corrected chi connectivity index (χ4v) is 2.15. The standard InChI is InChI=1S/C19H16ClN3O2/c1-12-3-6-17(9-18(12)20)22-11-15(10-21)19(25)23-16-7-4-14(5-8-16)13(2)24/h3-9,11,22H,1-2H3,(H,23,25)/b15-11-. The number of carbonyl (C=O) groups excluding carboxylic acids is 2. The molecule has 5 nitrogen and oxygen atoms in total. The highest BCUT2D eigenvalue weighted by molar-refractivity contribution is 6.31. The van der Waals surface area contributed by atoms with Gasteiger partial charge in [0.25, 0.3) is 5.91 Å². The first-order valence-electron chi connectivity index (χ1n) is 7.46. The molecule has 0 unspecified atom stereocenters. The molecule has 0 radical (unpaired) electrons. The van der Waals surface area contributed by atoms with Crippen molar-refractivity contribution < 1.29 is 9.59 Å². The maximum atomic E-state index is 12.2. The van der Waals surface area contributed by atoms with Crippen LogP contribution in [0, 0.1) is 18.3 Å². The molecule has 2 aromatic carbocycles. The molecule has 2 rings (SSSR count). The Labute approximate surface area is 150 Å². The van der Waals surface area contributed by atoms with Gasteiger partial charge in [-0.15, -0.1) is 0 Å². The summed E-state index contributed by atoms with van der Waals surface area (Å²) in [5.74, 6) is -0.611. The lowest BCUT2D eigenvalue weighted by Gasteiger charge is -2.06. The first-order valence-corrected chi connectivity index (χ1v) is 7.84. The topological polar surface area (TPSA) is 82.0 Å². The van der Waals surface area contributed by atoms with Crippen LogP contribution in [0.1, 0.15) is 22.8 Å². The van der Waals surface area contributed by atoms with E-state index in [0.717, 1.165) is 5.56 Å². The summed E-state index contributed by atoms with van der Waals surface area (Å²) in [5.41, 5.74) is 2.55. The summed E-state index contributed by atoms with van der Waals surface area (Å²) in [7, 11) is 0. The van der Waals surface area contributed by atoms with E-state index in [1.807, 2.05) is 19.1 Å². The number of amides is 1. The van der Waals surface area contributed by atoms with Crippen LogP contribution < -0.4 is 10.6 Å². The predicted octanol–water partition coefficient (Wildman–Crippen LogP) is 4.31. The van der Waals surface area contributed by atoms with Crippen molar-refractivity contribution in [2.24, 2.45) is 0 Å². The predicted molar refractivity (Wildman–Crippen MR) is 98.6 cm³/mol. The van der Waals surface area contributed by atoms with Crippen LogP contribution in [-0.2, 0) is 4.79 Å². The Bertz CT molecular complexity index is 881. The Hall–Kier alpha value is -3.10. The third kappa shape index (κ3) is 4.93. The quantitative estimate of drug-likeness (QED) is 0.476. The molecule has 0 aliphatic rings. The fraction of sp³-hybridized carbons (Fsp3) is 0.105. The second-order valence-electron chi connectivity index (χ2n) is 5.37. The monoisotopic (exact) mass is 353 g/mol. The number of Topliss-reactive ketones (excluding diaryl/α,β-unsaturated/α-hetero) is 1. The zero-order valence-corrected chi connectivity index (χ0v) is 14.5. The molecule has 2 N–H and O–H groups in total. The third-order valence-corrected chi connectivity index (χ3v) is 3.88. The molecule has 0 fully saturated rings. The van der Waals surface area contributed by atoms with Crippen molar-refractivity contribution in [3.8, 4) is 6.07 Å². The maximum Gasteiger partial charge on any atom is 0.267 e. The second kappa shape index (κ2) is 8.13. The van der Waals surface area contributed by atoms with Crippen LogP contribution >= 0.6 is 11.6 Å². The van der Waals surface area contributed by atoms with Crippen molar-refractivity contribution in [2.45, 2.75) is 13.8 Å². The number of anilines is 2. The molecule has 2 aromatic rings. The van der Waals surface area contributed by atoms with E-state index in [0.29, 0.717) is 22.0 Å². The lowest BCUT2D eigenvalue weighted by atomic mass is 10.1. The number of benzene rings is 2. The molecule has 126 valence electrons. The molecule has 0 saturated heterocycles. The van der Waals surface area contributed by atoms with Gasteiger partial charge in [-0.3, -0.25) is 9.59 Å². The van der Waals surface area contributed by atoms with Gasteiger partial charge in [-0.2, -0.15) is 5.26 Å². The Balaban J connectivity index is 2.08. The fourth-order valence-electron chi connectivity index (χ4n) is 1.97. The van der Waals surface area contributed by atoms with Crippen LogP contribution in [0.3, 0.4) is 0 Å². The number of nitrogens with zero attached hydrogens (tertiary/aromatic N) is 1.